The van der Waals surface area contributed by atoms with E-state index in [-0.39, 0.29) is 24.8 Å². The van der Waals surface area contributed by atoms with Crippen molar-refractivity contribution in [2.45, 2.75) is 0 Å². The lowest BCUT2D eigenvalue weighted by Crippen LogP contribution is -1.85. The van der Waals surface area contributed by atoms with Gasteiger partial charge < -0.3 is 9.47 Å². The summed E-state index contributed by atoms with van der Waals surface area (Å²) in [6.07, 6.45) is 0. The predicted molar refractivity (Wildman–Crippen MR) is 74.0 cm³/mol. The predicted octanol–water partition coefficient (Wildman–Crippen LogP) is 4.33. The first-order valence-electron chi connectivity index (χ1n) is 4.75. The van der Waals surface area contributed by atoms with E-state index in [1.165, 1.54) is 0 Å². The van der Waals surface area contributed by atoms with Crippen LogP contribution in [0, 0.1) is 0 Å². The highest BCUT2D eigenvalue weighted by atomic mass is 35.5. The summed E-state index contributed by atoms with van der Waals surface area (Å²) in [6.45, 7) is 0. The van der Waals surface area contributed by atoms with Crippen molar-refractivity contribution in [3.63, 3.8) is 0 Å². The molecular weight excluding hydrogens is 259 g/mol. The van der Waals surface area contributed by atoms with Gasteiger partial charge in [0.2, 0.25) is 0 Å². The Morgan fingerprint density at radius 1 is 0.647 bits per heavy atom. The number of methoxy groups -OCH3 is 1. The zero-order valence-electron chi connectivity index (χ0n) is 9.33. The molecule has 0 spiro atoms. The van der Waals surface area contributed by atoms with Crippen LogP contribution in [0.2, 0.25) is 0 Å². The third kappa shape index (κ3) is 4.55. The SMILES string of the molecule is COc1ccc(Oc2ccccc2)cc1.Cl.Cl. The summed E-state index contributed by atoms with van der Waals surface area (Å²) in [5, 5.41) is 0. The van der Waals surface area contributed by atoms with Gasteiger partial charge in [0, 0.05) is 0 Å². The van der Waals surface area contributed by atoms with E-state index >= 15 is 0 Å². The number of rotatable bonds is 3. The zero-order chi connectivity index (χ0) is 10.5. The maximum Gasteiger partial charge on any atom is 0.127 e. The van der Waals surface area contributed by atoms with Crippen LogP contribution in [-0.4, -0.2) is 7.11 Å². The van der Waals surface area contributed by atoms with Crippen LogP contribution >= 0.6 is 24.8 Å². The Balaban J connectivity index is 0.00000128. The maximum absolute atomic E-state index is 5.62. The van der Waals surface area contributed by atoms with Crippen LogP contribution in [0.3, 0.4) is 0 Å². The molecule has 2 aromatic rings. The van der Waals surface area contributed by atoms with Gasteiger partial charge >= 0.3 is 0 Å². The first kappa shape index (κ1) is 15.6. The third-order valence-electron chi connectivity index (χ3n) is 2.04. The Morgan fingerprint density at radius 2 is 1.12 bits per heavy atom. The van der Waals surface area contributed by atoms with Crippen LogP contribution < -0.4 is 9.47 Å². The van der Waals surface area contributed by atoms with Crippen molar-refractivity contribution in [2.75, 3.05) is 7.11 Å². The number of halogens is 2. The van der Waals surface area contributed by atoms with E-state index in [2.05, 4.69) is 0 Å². The topological polar surface area (TPSA) is 18.5 Å². The molecule has 17 heavy (non-hydrogen) atoms. The zero-order valence-corrected chi connectivity index (χ0v) is 11.0. The van der Waals surface area contributed by atoms with Crippen molar-refractivity contribution >= 4 is 24.8 Å². The molecule has 0 fully saturated rings. The Kier molecular flexibility index (Phi) is 7.19. The van der Waals surface area contributed by atoms with Gasteiger partial charge in [0.1, 0.15) is 17.2 Å². The highest BCUT2D eigenvalue weighted by Gasteiger charge is 1.96. The first-order chi connectivity index (χ1) is 7.38. The molecule has 2 aromatic carbocycles. The lowest BCUT2D eigenvalue weighted by atomic mass is 10.3. The summed E-state index contributed by atoms with van der Waals surface area (Å²) in [5.74, 6) is 2.47. The molecule has 0 saturated carbocycles. The minimum absolute atomic E-state index is 0. The van der Waals surface area contributed by atoms with Crippen LogP contribution in [-0.2, 0) is 0 Å². The second kappa shape index (κ2) is 7.82. The lowest BCUT2D eigenvalue weighted by Gasteiger charge is -2.05. The average Bonchev–Trinajstić information content (AvgIpc) is 2.31. The fourth-order valence-electron chi connectivity index (χ4n) is 1.27. The largest absolute Gasteiger partial charge is 0.497 e. The van der Waals surface area contributed by atoms with E-state index in [0.717, 1.165) is 17.2 Å². The summed E-state index contributed by atoms with van der Waals surface area (Å²) in [5.41, 5.74) is 0. The minimum atomic E-state index is 0. The van der Waals surface area contributed by atoms with Crippen LogP contribution in [0.15, 0.2) is 54.6 Å². The van der Waals surface area contributed by atoms with Gasteiger partial charge in [0.15, 0.2) is 0 Å². The van der Waals surface area contributed by atoms with Gasteiger partial charge in [-0.05, 0) is 36.4 Å². The van der Waals surface area contributed by atoms with E-state index in [0.29, 0.717) is 0 Å². The van der Waals surface area contributed by atoms with Gasteiger partial charge in [-0.25, -0.2) is 0 Å². The fourth-order valence-corrected chi connectivity index (χ4v) is 1.27. The van der Waals surface area contributed by atoms with Crippen molar-refractivity contribution in [3.8, 4) is 17.2 Å². The molecule has 0 bridgehead atoms. The average molecular weight is 273 g/mol. The van der Waals surface area contributed by atoms with Crippen molar-refractivity contribution < 1.29 is 9.47 Å². The lowest BCUT2D eigenvalue weighted by molar-refractivity contribution is 0.413. The Labute approximate surface area is 113 Å². The van der Waals surface area contributed by atoms with Crippen molar-refractivity contribution in [2.24, 2.45) is 0 Å². The maximum atomic E-state index is 5.62. The van der Waals surface area contributed by atoms with Crippen LogP contribution in [0.4, 0.5) is 0 Å². The van der Waals surface area contributed by atoms with E-state index in [1.807, 2.05) is 54.6 Å². The van der Waals surface area contributed by atoms with Crippen molar-refractivity contribution in [1.29, 1.82) is 0 Å². The molecule has 0 radical (unpaired) electrons. The Hall–Kier alpha value is -1.38. The molecule has 4 heteroatoms. The second-order valence-electron chi connectivity index (χ2n) is 3.09. The molecule has 0 N–H and O–H groups in total. The van der Waals surface area contributed by atoms with Gasteiger partial charge in [0.05, 0.1) is 7.11 Å². The molecule has 0 aliphatic rings. The number of benzene rings is 2. The van der Waals surface area contributed by atoms with Crippen molar-refractivity contribution in [1.82, 2.24) is 0 Å². The highest BCUT2D eigenvalue weighted by molar-refractivity contribution is 5.85. The molecule has 0 amide bonds. The number of ether oxygens (including phenoxy) is 2. The molecule has 0 saturated heterocycles. The Morgan fingerprint density at radius 3 is 1.65 bits per heavy atom. The monoisotopic (exact) mass is 272 g/mol. The molecular formula is C13H14Cl2O2. The molecule has 0 aliphatic carbocycles. The van der Waals surface area contributed by atoms with E-state index in [4.69, 9.17) is 9.47 Å². The number of para-hydroxylation sites is 1. The summed E-state index contributed by atoms with van der Waals surface area (Å²) in [4.78, 5) is 0. The summed E-state index contributed by atoms with van der Waals surface area (Å²) in [6, 6.07) is 17.2. The molecule has 2 rings (SSSR count). The van der Waals surface area contributed by atoms with Gasteiger partial charge in [-0.3, -0.25) is 0 Å². The normalized spacial score (nSPS) is 8.53. The number of hydrogen-bond donors (Lipinski definition) is 0. The first-order valence-corrected chi connectivity index (χ1v) is 4.75. The van der Waals surface area contributed by atoms with Crippen molar-refractivity contribution in [3.05, 3.63) is 54.6 Å². The van der Waals surface area contributed by atoms with Gasteiger partial charge in [-0.2, -0.15) is 0 Å². The summed E-state index contributed by atoms with van der Waals surface area (Å²) in [7, 11) is 1.65. The standard InChI is InChI=1S/C13H12O2.2ClH/c1-14-11-7-9-13(10-8-11)15-12-5-3-2-4-6-12;;/h2-10H,1H3;2*1H. The molecule has 2 nitrogen and oxygen atoms in total. The molecule has 0 unspecified atom stereocenters. The second-order valence-corrected chi connectivity index (χ2v) is 3.09. The van der Waals surface area contributed by atoms with Crippen LogP contribution in [0.25, 0.3) is 0 Å². The molecule has 0 aromatic heterocycles. The van der Waals surface area contributed by atoms with E-state index < -0.39 is 0 Å². The number of hydrogen-bond acceptors (Lipinski definition) is 2. The van der Waals surface area contributed by atoms with Gasteiger partial charge in [-0.1, -0.05) is 18.2 Å². The molecule has 0 atom stereocenters. The molecule has 0 aliphatic heterocycles. The molecule has 92 valence electrons. The molecule has 0 heterocycles. The van der Waals surface area contributed by atoms with Crippen LogP contribution in [0.5, 0.6) is 17.2 Å². The van der Waals surface area contributed by atoms with Gasteiger partial charge in [0.25, 0.3) is 0 Å². The minimum Gasteiger partial charge on any atom is -0.497 e. The summed E-state index contributed by atoms with van der Waals surface area (Å²) >= 11 is 0. The van der Waals surface area contributed by atoms with Crippen LogP contribution in [0.1, 0.15) is 0 Å². The van der Waals surface area contributed by atoms with Gasteiger partial charge in [-0.15, -0.1) is 24.8 Å². The van der Waals surface area contributed by atoms with E-state index in [1.54, 1.807) is 7.11 Å². The smallest absolute Gasteiger partial charge is 0.127 e. The van der Waals surface area contributed by atoms with E-state index in [9.17, 15) is 0 Å². The highest BCUT2D eigenvalue weighted by Crippen LogP contribution is 2.23. The quantitative estimate of drug-likeness (QED) is 0.828. The third-order valence-corrected chi connectivity index (χ3v) is 2.04. The Bertz CT molecular complexity index is 415. The fraction of sp³-hybridized carbons (Fsp3) is 0.0769. The summed E-state index contributed by atoms with van der Waals surface area (Å²) < 4.78 is 10.7.